The maximum atomic E-state index is 12.2. The Bertz CT molecular complexity index is 401. The number of amides is 1. The van der Waals surface area contributed by atoms with Crippen LogP contribution < -0.4 is 0 Å². The van der Waals surface area contributed by atoms with E-state index in [-0.39, 0.29) is 5.91 Å². The number of carbonyl (C=O) groups is 1. The van der Waals surface area contributed by atoms with Gasteiger partial charge in [-0.3, -0.25) is 9.69 Å². The lowest BCUT2D eigenvalue weighted by Gasteiger charge is -2.14. The van der Waals surface area contributed by atoms with Crippen molar-refractivity contribution in [2.24, 2.45) is 5.92 Å². The van der Waals surface area contributed by atoms with E-state index in [4.69, 9.17) is 12.2 Å². The molecule has 1 amide bonds. The summed E-state index contributed by atoms with van der Waals surface area (Å²) in [5.41, 5.74) is 0. The fraction of sp³-hybridized carbons (Fsp3) is 0.571. The van der Waals surface area contributed by atoms with Gasteiger partial charge in [-0.2, -0.15) is 0 Å². The molecule has 1 heterocycles. The number of unbranched alkanes of at least 4 members (excludes halogenated alkanes) is 1. The molecule has 0 aromatic heterocycles. The lowest BCUT2D eigenvalue weighted by atomic mass is 9.94. The first kappa shape index (κ1) is 13.8. The lowest BCUT2D eigenvalue weighted by Crippen LogP contribution is -2.29. The van der Waals surface area contributed by atoms with Crippen molar-refractivity contribution in [1.29, 1.82) is 0 Å². The molecule has 0 N–H and O–H groups in total. The van der Waals surface area contributed by atoms with Crippen LogP contribution in [0.3, 0.4) is 0 Å². The molecule has 0 spiro atoms. The molecular formula is C14H19NOS2. The second-order valence-electron chi connectivity index (χ2n) is 4.75. The predicted molar refractivity (Wildman–Crippen MR) is 81.4 cm³/mol. The van der Waals surface area contributed by atoms with E-state index in [9.17, 15) is 4.79 Å². The van der Waals surface area contributed by atoms with Gasteiger partial charge in [-0.25, -0.2) is 0 Å². The van der Waals surface area contributed by atoms with Gasteiger partial charge in [0.25, 0.3) is 5.91 Å². The molecule has 0 bridgehead atoms. The molecule has 2 nitrogen and oxygen atoms in total. The molecule has 2 aliphatic rings. The lowest BCUT2D eigenvalue weighted by molar-refractivity contribution is -0.122. The van der Waals surface area contributed by atoms with Crippen LogP contribution in [0.4, 0.5) is 0 Å². The van der Waals surface area contributed by atoms with Crippen molar-refractivity contribution in [3.63, 3.8) is 0 Å². The predicted octanol–water partition coefficient (Wildman–Crippen LogP) is 3.89. The second kappa shape index (κ2) is 6.53. The average molecular weight is 281 g/mol. The van der Waals surface area contributed by atoms with Gasteiger partial charge in [0.15, 0.2) is 0 Å². The fourth-order valence-electron chi connectivity index (χ4n) is 2.21. The quantitative estimate of drug-likeness (QED) is 0.443. The SMILES string of the molecule is CCCCN1C(=O)/C(=C/C2CC=CCC2)SC1=S. The molecule has 4 heteroatoms. The molecule has 1 fully saturated rings. The van der Waals surface area contributed by atoms with Crippen LogP contribution in [0.25, 0.3) is 0 Å². The summed E-state index contributed by atoms with van der Waals surface area (Å²) in [7, 11) is 0. The molecule has 98 valence electrons. The molecule has 2 rings (SSSR count). The molecule has 1 aliphatic heterocycles. The number of thioether (sulfide) groups is 1. The van der Waals surface area contributed by atoms with Crippen molar-refractivity contribution in [2.45, 2.75) is 39.0 Å². The molecule has 1 aliphatic carbocycles. The van der Waals surface area contributed by atoms with Gasteiger partial charge in [0.2, 0.25) is 0 Å². The summed E-state index contributed by atoms with van der Waals surface area (Å²) in [5.74, 6) is 0.628. The Labute approximate surface area is 118 Å². The number of rotatable bonds is 4. The minimum Gasteiger partial charge on any atom is -0.293 e. The summed E-state index contributed by atoms with van der Waals surface area (Å²) >= 11 is 6.76. The van der Waals surface area contributed by atoms with E-state index in [2.05, 4.69) is 25.2 Å². The van der Waals surface area contributed by atoms with Gasteiger partial charge in [-0.05, 0) is 31.6 Å². The highest BCUT2D eigenvalue weighted by Gasteiger charge is 2.31. The minimum atomic E-state index is 0.119. The van der Waals surface area contributed by atoms with Gasteiger partial charge in [0, 0.05) is 6.54 Å². The molecule has 1 atom stereocenters. The zero-order valence-corrected chi connectivity index (χ0v) is 12.4. The summed E-state index contributed by atoms with van der Waals surface area (Å²) < 4.78 is 0.728. The third-order valence-corrected chi connectivity index (χ3v) is 4.70. The zero-order valence-electron chi connectivity index (χ0n) is 10.7. The van der Waals surface area contributed by atoms with Crippen molar-refractivity contribution in [2.75, 3.05) is 6.54 Å². The van der Waals surface area contributed by atoms with Crippen LogP contribution in [0.15, 0.2) is 23.1 Å². The molecular weight excluding hydrogens is 262 g/mol. The van der Waals surface area contributed by atoms with Crippen molar-refractivity contribution in [1.82, 2.24) is 4.90 Å². The average Bonchev–Trinajstić information content (AvgIpc) is 2.64. The molecule has 0 saturated carbocycles. The largest absolute Gasteiger partial charge is 0.293 e. The Hall–Kier alpha value is -0.610. The fourth-order valence-corrected chi connectivity index (χ4v) is 3.58. The Morgan fingerprint density at radius 3 is 3.06 bits per heavy atom. The topological polar surface area (TPSA) is 20.3 Å². The monoisotopic (exact) mass is 281 g/mol. The number of hydrogen-bond donors (Lipinski definition) is 0. The maximum absolute atomic E-state index is 12.2. The number of nitrogens with zero attached hydrogens (tertiary/aromatic N) is 1. The van der Waals surface area contributed by atoms with Gasteiger partial charge >= 0.3 is 0 Å². The standard InChI is InChI=1S/C14H19NOS2/c1-2-3-9-15-13(16)12(18-14(15)17)10-11-7-5-4-6-8-11/h4-5,10-11H,2-3,6-9H2,1H3/b12-10-. The van der Waals surface area contributed by atoms with E-state index in [0.717, 1.165) is 47.9 Å². The van der Waals surface area contributed by atoms with Gasteiger partial charge in [-0.15, -0.1) is 0 Å². The second-order valence-corrected chi connectivity index (χ2v) is 6.43. The molecule has 18 heavy (non-hydrogen) atoms. The Balaban J connectivity index is 2.02. The van der Waals surface area contributed by atoms with Gasteiger partial charge in [-0.1, -0.05) is 55.6 Å². The molecule has 0 radical (unpaired) electrons. The van der Waals surface area contributed by atoms with Gasteiger partial charge in [0.1, 0.15) is 4.32 Å². The third kappa shape index (κ3) is 3.23. The van der Waals surface area contributed by atoms with E-state index in [1.165, 1.54) is 11.8 Å². The summed E-state index contributed by atoms with van der Waals surface area (Å²) in [4.78, 5) is 14.8. The van der Waals surface area contributed by atoms with Crippen molar-refractivity contribution in [3.8, 4) is 0 Å². The van der Waals surface area contributed by atoms with E-state index >= 15 is 0 Å². The normalized spacial score (nSPS) is 26.4. The first-order valence-corrected chi connectivity index (χ1v) is 7.85. The van der Waals surface area contributed by atoms with Crippen LogP contribution in [-0.2, 0) is 4.79 Å². The van der Waals surface area contributed by atoms with Crippen LogP contribution in [0.5, 0.6) is 0 Å². The smallest absolute Gasteiger partial charge is 0.265 e. The van der Waals surface area contributed by atoms with E-state index < -0.39 is 0 Å². The van der Waals surface area contributed by atoms with E-state index in [1.807, 2.05) is 0 Å². The zero-order chi connectivity index (χ0) is 13.0. The van der Waals surface area contributed by atoms with Crippen molar-refractivity contribution in [3.05, 3.63) is 23.1 Å². The highest BCUT2D eigenvalue weighted by Crippen LogP contribution is 2.34. The van der Waals surface area contributed by atoms with E-state index in [0.29, 0.717) is 5.92 Å². The summed E-state index contributed by atoms with van der Waals surface area (Å²) in [6.07, 6.45) is 12.0. The number of carbonyl (C=O) groups excluding carboxylic acids is 1. The first-order valence-electron chi connectivity index (χ1n) is 6.63. The van der Waals surface area contributed by atoms with Crippen LogP contribution >= 0.6 is 24.0 Å². The van der Waals surface area contributed by atoms with Gasteiger partial charge in [0.05, 0.1) is 4.91 Å². The molecule has 0 aromatic carbocycles. The number of allylic oxidation sites excluding steroid dienone is 3. The van der Waals surface area contributed by atoms with Crippen molar-refractivity contribution >= 4 is 34.2 Å². The van der Waals surface area contributed by atoms with Crippen LogP contribution in [-0.4, -0.2) is 21.7 Å². The molecule has 1 unspecified atom stereocenters. The van der Waals surface area contributed by atoms with Gasteiger partial charge < -0.3 is 0 Å². The molecule has 0 aromatic rings. The summed E-state index contributed by atoms with van der Waals surface area (Å²) in [5, 5.41) is 0. The first-order chi connectivity index (χ1) is 8.72. The Kier molecular flexibility index (Phi) is 5.01. The highest BCUT2D eigenvalue weighted by molar-refractivity contribution is 8.26. The minimum absolute atomic E-state index is 0.119. The van der Waals surface area contributed by atoms with E-state index in [1.54, 1.807) is 4.90 Å². The number of hydrogen-bond acceptors (Lipinski definition) is 3. The van der Waals surface area contributed by atoms with Crippen LogP contribution in [0, 0.1) is 5.92 Å². The summed E-state index contributed by atoms with van der Waals surface area (Å²) in [6.45, 7) is 2.89. The van der Waals surface area contributed by atoms with Crippen LogP contribution in [0.2, 0.25) is 0 Å². The third-order valence-electron chi connectivity index (χ3n) is 3.31. The van der Waals surface area contributed by atoms with Crippen LogP contribution in [0.1, 0.15) is 39.0 Å². The highest BCUT2D eigenvalue weighted by atomic mass is 32.2. The Morgan fingerprint density at radius 2 is 2.39 bits per heavy atom. The summed E-state index contributed by atoms with van der Waals surface area (Å²) in [6, 6.07) is 0. The maximum Gasteiger partial charge on any atom is 0.265 e. The Morgan fingerprint density at radius 1 is 1.56 bits per heavy atom. The molecule has 1 saturated heterocycles. The van der Waals surface area contributed by atoms with Crippen molar-refractivity contribution < 1.29 is 4.79 Å². The number of thiocarbonyl (C=S) groups is 1.